The lowest BCUT2D eigenvalue weighted by atomic mass is 10.1. The third-order valence-electron chi connectivity index (χ3n) is 5.39. The molecule has 4 aromatic rings. The van der Waals surface area contributed by atoms with E-state index in [9.17, 15) is 0 Å². The molecule has 5 heterocycles. The number of rotatable bonds is 1. The molecule has 2 aliphatic heterocycles. The van der Waals surface area contributed by atoms with E-state index in [-0.39, 0.29) is 0 Å². The van der Waals surface area contributed by atoms with Gasteiger partial charge < -0.3 is 9.97 Å². The Morgan fingerprint density at radius 2 is 1.19 bits per heavy atom. The molecule has 0 saturated heterocycles. The van der Waals surface area contributed by atoms with Gasteiger partial charge in [0.2, 0.25) is 0 Å². The fraction of sp³-hybridized carbons (Fsp3) is 0. The molecule has 0 spiro atoms. The summed E-state index contributed by atoms with van der Waals surface area (Å²) < 4.78 is 0. The first-order valence-electron chi connectivity index (χ1n) is 10.1. The molecular weight excluding hydrogens is 439 g/mol. The van der Waals surface area contributed by atoms with Crippen LogP contribution >= 0.6 is 23.2 Å². The van der Waals surface area contributed by atoms with Crippen molar-refractivity contribution in [2.24, 2.45) is 0 Å². The van der Waals surface area contributed by atoms with Crippen LogP contribution in [0.25, 0.3) is 57.5 Å². The zero-order chi connectivity index (χ0) is 21.7. The van der Waals surface area contributed by atoms with Gasteiger partial charge in [-0.05, 0) is 85.0 Å². The molecule has 1 aromatic carbocycles. The van der Waals surface area contributed by atoms with Gasteiger partial charge in [0.1, 0.15) is 0 Å². The average Bonchev–Trinajstić information content (AvgIpc) is 3.55. The zero-order valence-corrected chi connectivity index (χ0v) is 18.2. The van der Waals surface area contributed by atoms with Gasteiger partial charge in [0.05, 0.1) is 22.8 Å². The first kappa shape index (κ1) is 19.1. The van der Waals surface area contributed by atoms with Crippen molar-refractivity contribution in [3.05, 3.63) is 93.5 Å². The Morgan fingerprint density at radius 1 is 0.531 bits per heavy atom. The van der Waals surface area contributed by atoms with Crippen LogP contribution < -0.4 is 0 Å². The van der Waals surface area contributed by atoms with Crippen LogP contribution in [-0.2, 0) is 0 Å². The second-order valence-corrected chi connectivity index (χ2v) is 8.56. The zero-order valence-electron chi connectivity index (χ0n) is 16.7. The third-order valence-corrected chi connectivity index (χ3v) is 5.95. The maximum absolute atomic E-state index is 6.54. The standard InChI is InChI=1S/C26H16Cl2N4/c27-15-1-8-25(28)23(9-15)24-13-22-12-20-5-4-18(30-20)10-16-2-3-17(29-16)11-19-6-7-21(31-19)14-26(24)32-22/h1-14,30,32H. The van der Waals surface area contributed by atoms with E-state index < -0.39 is 0 Å². The Bertz CT molecular complexity index is 1610. The van der Waals surface area contributed by atoms with E-state index in [4.69, 9.17) is 28.2 Å². The summed E-state index contributed by atoms with van der Waals surface area (Å²) in [7, 11) is 0. The van der Waals surface area contributed by atoms with Crippen LogP contribution in [0.15, 0.2) is 60.7 Å². The van der Waals surface area contributed by atoms with E-state index in [1.165, 1.54) is 0 Å². The van der Waals surface area contributed by atoms with Gasteiger partial charge in [-0.2, -0.15) is 0 Å². The van der Waals surface area contributed by atoms with Crippen LogP contribution in [0.2, 0.25) is 10.0 Å². The topological polar surface area (TPSA) is 57.4 Å². The predicted molar refractivity (Wildman–Crippen MR) is 134 cm³/mol. The normalized spacial score (nSPS) is 12.4. The van der Waals surface area contributed by atoms with Gasteiger partial charge in [0.15, 0.2) is 0 Å². The van der Waals surface area contributed by atoms with Crippen molar-refractivity contribution in [2.75, 3.05) is 0 Å². The van der Waals surface area contributed by atoms with Crippen LogP contribution in [0, 0.1) is 0 Å². The van der Waals surface area contributed by atoms with E-state index in [2.05, 4.69) is 27.1 Å². The molecule has 0 aliphatic carbocycles. The Kier molecular flexibility index (Phi) is 4.49. The largest absolute Gasteiger partial charge is 0.355 e. The lowest BCUT2D eigenvalue weighted by Crippen LogP contribution is -1.80. The van der Waals surface area contributed by atoms with Gasteiger partial charge in [0, 0.05) is 43.2 Å². The number of fused-ring (bicyclic) bond motifs is 8. The minimum absolute atomic E-state index is 0.634. The van der Waals surface area contributed by atoms with E-state index in [1.807, 2.05) is 66.8 Å². The molecular formula is C26H16Cl2N4. The molecule has 3 aromatic heterocycles. The lowest BCUT2D eigenvalue weighted by molar-refractivity contribution is 1.28. The van der Waals surface area contributed by atoms with Crippen molar-refractivity contribution < 1.29 is 0 Å². The van der Waals surface area contributed by atoms with Gasteiger partial charge in [-0.1, -0.05) is 23.2 Å². The number of hydrogen-bond acceptors (Lipinski definition) is 2. The highest BCUT2D eigenvalue weighted by Gasteiger charge is 2.10. The van der Waals surface area contributed by atoms with Gasteiger partial charge in [-0.3, -0.25) is 0 Å². The van der Waals surface area contributed by atoms with Crippen molar-refractivity contribution in [1.29, 1.82) is 0 Å². The smallest absolute Gasteiger partial charge is 0.0659 e. The SMILES string of the molecule is Clc1ccc(Cl)c(-c2cc3cc4ccc(cc5nc(cc6nc(cc2[nH]3)C=C6)C=C5)[nH]4)c1. The molecule has 0 saturated carbocycles. The third kappa shape index (κ3) is 3.64. The summed E-state index contributed by atoms with van der Waals surface area (Å²) in [5, 5.41) is 1.27. The number of H-pyrrole nitrogens is 2. The number of aromatic amines is 2. The summed E-state index contributed by atoms with van der Waals surface area (Å²) >= 11 is 12.8. The van der Waals surface area contributed by atoms with Crippen molar-refractivity contribution in [1.82, 2.24) is 19.9 Å². The number of aromatic nitrogens is 4. The number of hydrogen-bond donors (Lipinski definition) is 2. The molecule has 0 radical (unpaired) electrons. The van der Waals surface area contributed by atoms with Gasteiger partial charge in [-0.25, -0.2) is 9.97 Å². The second kappa shape index (κ2) is 7.52. The number of nitrogens with one attached hydrogen (secondary N) is 2. The van der Waals surface area contributed by atoms with Crippen LogP contribution in [-0.4, -0.2) is 19.9 Å². The molecule has 0 fully saturated rings. The van der Waals surface area contributed by atoms with Gasteiger partial charge in [-0.15, -0.1) is 0 Å². The number of benzene rings is 1. The quantitative estimate of drug-likeness (QED) is 0.268. The maximum atomic E-state index is 6.54. The van der Waals surface area contributed by atoms with Crippen molar-refractivity contribution >= 4 is 69.6 Å². The molecule has 0 unspecified atom stereocenters. The molecule has 6 heteroatoms. The lowest BCUT2D eigenvalue weighted by Gasteiger charge is -2.03. The van der Waals surface area contributed by atoms with Gasteiger partial charge >= 0.3 is 0 Å². The van der Waals surface area contributed by atoms with Crippen LogP contribution in [0.3, 0.4) is 0 Å². The molecule has 0 amide bonds. The second-order valence-electron chi connectivity index (χ2n) is 7.71. The summed E-state index contributed by atoms with van der Waals surface area (Å²) in [4.78, 5) is 16.3. The Balaban J connectivity index is 1.69. The number of nitrogens with zero attached hydrogens (tertiary/aromatic N) is 2. The van der Waals surface area contributed by atoms with Crippen LogP contribution in [0.1, 0.15) is 22.8 Å². The van der Waals surface area contributed by atoms with E-state index in [1.54, 1.807) is 6.07 Å². The molecule has 2 N–H and O–H groups in total. The highest BCUT2D eigenvalue weighted by atomic mass is 35.5. The molecule has 8 bridgehead atoms. The Hall–Kier alpha value is -3.60. The predicted octanol–water partition coefficient (Wildman–Crippen LogP) is 7.63. The summed E-state index contributed by atoms with van der Waals surface area (Å²) in [6.07, 6.45) is 7.97. The average molecular weight is 455 g/mol. The summed E-state index contributed by atoms with van der Waals surface area (Å²) in [6.45, 7) is 0. The highest BCUT2D eigenvalue weighted by Crippen LogP contribution is 2.34. The molecule has 0 atom stereocenters. The minimum Gasteiger partial charge on any atom is -0.355 e. The highest BCUT2D eigenvalue weighted by molar-refractivity contribution is 6.35. The maximum Gasteiger partial charge on any atom is 0.0659 e. The first-order chi connectivity index (χ1) is 15.6. The fourth-order valence-corrected chi connectivity index (χ4v) is 4.34. The summed E-state index contributed by atoms with van der Waals surface area (Å²) in [6, 6.07) is 19.7. The monoisotopic (exact) mass is 454 g/mol. The van der Waals surface area contributed by atoms with E-state index >= 15 is 0 Å². The Morgan fingerprint density at radius 3 is 1.94 bits per heavy atom. The molecule has 2 aliphatic rings. The minimum atomic E-state index is 0.634. The molecule has 32 heavy (non-hydrogen) atoms. The number of halogens is 2. The van der Waals surface area contributed by atoms with E-state index in [0.717, 1.165) is 56.0 Å². The summed E-state index contributed by atoms with van der Waals surface area (Å²) in [5.74, 6) is 0. The summed E-state index contributed by atoms with van der Waals surface area (Å²) in [5.41, 5.74) is 9.11. The van der Waals surface area contributed by atoms with Crippen LogP contribution in [0.4, 0.5) is 0 Å². The Labute approximate surface area is 193 Å². The van der Waals surface area contributed by atoms with Crippen LogP contribution in [0.5, 0.6) is 0 Å². The van der Waals surface area contributed by atoms with Crippen molar-refractivity contribution in [3.8, 4) is 11.1 Å². The van der Waals surface area contributed by atoms with Crippen molar-refractivity contribution in [2.45, 2.75) is 0 Å². The van der Waals surface area contributed by atoms with Crippen molar-refractivity contribution in [3.63, 3.8) is 0 Å². The molecule has 6 rings (SSSR count). The molecule has 154 valence electrons. The van der Waals surface area contributed by atoms with E-state index in [0.29, 0.717) is 10.0 Å². The fourth-order valence-electron chi connectivity index (χ4n) is 3.94. The molecule has 4 nitrogen and oxygen atoms in total. The van der Waals surface area contributed by atoms with Gasteiger partial charge in [0.25, 0.3) is 0 Å². The first-order valence-corrected chi connectivity index (χ1v) is 10.9.